The number of hydrogen-bond donors (Lipinski definition) is 2. The summed E-state index contributed by atoms with van der Waals surface area (Å²) >= 11 is 7.37. The van der Waals surface area contributed by atoms with Gasteiger partial charge >= 0.3 is 5.97 Å². The fourth-order valence-electron chi connectivity index (χ4n) is 1.93. The van der Waals surface area contributed by atoms with Crippen LogP contribution < -0.4 is 5.32 Å². The van der Waals surface area contributed by atoms with E-state index < -0.39 is 5.97 Å². The number of carboxylic acid groups (broad SMARTS) is 1. The first-order valence-corrected chi connectivity index (χ1v) is 5.98. The van der Waals surface area contributed by atoms with Gasteiger partial charge in [0.25, 0.3) is 0 Å². The lowest BCUT2D eigenvalue weighted by molar-refractivity contribution is -0.138. The SMILES string of the molecule is CNC(c1ccc(Cl)s1)C1CC1C(=O)O. The van der Waals surface area contributed by atoms with Gasteiger partial charge in [-0.25, -0.2) is 0 Å². The van der Waals surface area contributed by atoms with E-state index in [1.165, 1.54) is 11.3 Å². The molecule has 1 aromatic heterocycles. The molecule has 2 rings (SSSR count). The summed E-state index contributed by atoms with van der Waals surface area (Å²) < 4.78 is 0.748. The van der Waals surface area contributed by atoms with Crippen LogP contribution in [0.3, 0.4) is 0 Å². The lowest BCUT2D eigenvalue weighted by Gasteiger charge is -2.13. The van der Waals surface area contributed by atoms with Crippen molar-refractivity contribution in [1.82, 2.24) is 5.32 Å². The van der Waals surface area contributed by atoms with Gasteiger partial charge in [-0.15, -0.1) is 11.3 Å². The molecule has 3 atom stereocenters. The fourth-order valence-corrected chi connectivity index (χ4v) is 3.18. The average molecular weight is 246 g/mol. The van der Waals surface area contributed by atoms with E-state index in [4.69, 9.17) is 16.7 Å². The Morgan fingerprint density at radius 1 is 1.73 bits per heavy atom. The summed E-state index contributed by atoms with van der Waals surface area (Å²) in [5.41, 5.74) is 0. The van der Waals surface area contributed by atoms with Crippen LogP contribution in [0.5, 0.6) is 0 Å². The molecule has 0 amide bonds. The van der Waals surface area contributed by atoms with Gasteiger partial charge in [-0.1, -0.05) is 11.6 Å². The second-order valence-electron chi connectivity index (χ2n) is 3.75. The van der Waals surface area contributed by atoms with E-state index in [0.29, 0.717) is 0 Å². The van der Waals surface area contributed by atoms with Crippen LogP contribution >= 0.6 is 22.9 Å². The van der Waals surface area contributed by atoms with Crippen LogP contribution in [-0.2, 0) is 4.79 Å². The molecule has 3 unspecified atom stereocenters. The summed E-state index contributed by atoms with van der Waals surface area (Å²) in [6.45, 7) is 0. The normalized spacial score (nSPS) is 26.3. The molecule has 0 bridgehead atoms. The summed E-state index contributed by atoms with van der Waals surface area (Å²) in [5, 5.41) is 12.0. The van der Waals surface area contributed by atoms with Gasteiger partial charge in [0.1, 0.15) is 0 Å². The van der Waals surface area contributed by atoms with Gasteiger partial charge in [-0.2, -0.15) is 0 Å². The fraction of sp³-hybridized carbons (Fsp3) is 0.500. The van der Waals surface area contributed by atoms with Crippen molar-refractivity contribution >= 4 is 28.9 Å². The van der Waals surface area contributed by atoms with E-state index in [1.54, 1.807) is 0 Å². The highest BCUT2D eigenvalue weighted by atomic mass is 35.5. The Morgan fingerprint density at radius 3 is 2.87 bits per heavy atom. The van der Waals surface area contributed by atoms with Crippen LogP contribution in [0.1, 0.15) is 17.3 Å². The number of halogens is 1. The van der Waals surface area contributed by atoms with E-state index in [2.05, 4.69) is 5.32 Å². The number of hydrogen-bond acceptors (Lipinski definition) is 3. The third kappa shape index (κ3) is 2.17. The lowest BCUT2D eigenvalue weighted by atomic mass is 10.1. The van der Waals surface area contributed by atoms with Gasteiger partial charge in [0.2, 0.25) is 0 Å². The second-order valence-corrected chi connectivity index (χ2v) is 5.50. The zero-order valence-electron chi connectivity index (χ0n) is 8.24. The third-order valence-corrected chi connectivity index (χ3v) is 4.11. The highest BCUT2D eigenvalue weighted by Gasteiger charge is 2.48. The van der Waals surface area contributed by atoms with Crippen LogP contribution in [0.2, 0.25) is 4.34 Å². The molecule has 1 aliphatic carbocycles. The summed E-state index contributed by atoms with van der Waals surface area (Å²) in [6, 6.07) is 3.94. The molecular weight excluding hydrogens is 234 g/mol. The maximum absolute atomic E-state index is 10.8. The Kier molecular flexibility index (Phi) is 3.00. The highest BCUT2D eigenvalue weighted by Crippen LogP contribution is 2.48. The molecular formula is C10H12ClNO2S. The molecule has 0 radical (unpaired) electrons. The second kappa shape index (κ2) is 4.12. The van der Waals surface area contributed by atoms with Crippen molar-refractivity contribution in [2.75, 3.05) is 7.05 Å². The van der Waals surface area contributed by atoms with Gasteiger partial charge in [0, 0.05) is 10.9 Å². The van der Waals surface area contributed by atoms with Gasteiger partial charge in [-0.05, 0) is 31.5 Å². The van der Waals surface area contributed by atoms with Crippen molar-refractivity contribution in [2.45, 2.75) is 12.5 Å². The molecule has 0 spiro atoms. The van der Waals surface area contributed by atoms with Crippen LogP contribution in [-0.4, -0.2) is 18.1 Å². The molecule has 0 saturated heterocycles. The van der Waals surface area contributed by atoms with E-state index in [1.807, 2.05) is 19.2 Å². The number of thiophene rings is 1. The predicted molar refractivity (Wildman–Crippen MR) is 60.4 cm³/mol. The van der Waals surface area contributed by atoms with Crippen molar-refractivity contribution in [1.29, 1.82) is 0 Å². The Bertz CT molecular complexity index is 379. The van der Waals surface area contributed by atoms with Crippen molar-refractivity contribution in [3.63, 3.8) is 0 Å². The lowest BCUT2D eigenvalue weighted by Crippen LogP contribution is -2.19. The van der Waals surface area contributed by atoms with Crippen LogP contribution in [0.25, 0.3) is 0 Å². The van der Waals surface area contributed by atoms with Crippen LogP contribution in [0, 0.1) is 11.8 Å². The first-order valence-electron chi connectivity index (χ1n) is 4.78. The molecule has 15 heavy (non-hydrogen) atoms. The quantitative estimate of drug-likeness (QED) is 0.856. The van der Waals surface area contributed by atoms with E-state index >= 15 is 0 Å². The Hall–Kier alpha value is -0.580. The van der Waals surface area contributed by atoms with Crippen LogP contribution in [0.15, 0.2) is 12.1 Å². The molecule has 1 aromatic rings. The monoisotopic (exact) mass is 245 g/mol. The average Bonchev–Trinajstić information content (AvgIpc) is 2.85. The first-order chi connectivity index (χ1) is 7.13. The number of rotatable bonds is 4. The third-order valence-electron chi connectivity index (χ3n) is 2.80. The molecule has 1 saturated carbocycles. The van der Waals surface area contributed by atoms with Crippen molar-refractivity contribution in [3.8, 4) is 0 Å². The number of nitrogens with one attached hydrogen (secondary N) is 1. The summed E-state index contributed by atoms with van der Waals surface area (Å²) in [7, 11) is 1.86. The minimum absolute atomic E-state index is 0.128. The molecule has 0 aliphatic heterocycles. The molecule has 82 valence electrons. The zero-order chi connectivity index (χ0) is 11.0. The molecule has 5 heteroatoms. The number of carbonyl (C=O) groups is 1. The molecule has 0 aromatic carbocycles. The van der Waals surface area contributed by atoms with Gasteiger partial charge in [-0.3, -0.25) is 4.79 Å². The largest absolute Gasteiger partial charge is 0.481 e. The smallest absolute Gasteiger partial charge is 0.306 e. The van der Waals surface area contributed by atoms with Crippen molar-refractivity contribution in [3.05, 3.63) is 21.3 Å². The van der Waals surface area contributed by atoms with Gasteiger partial charge in [0.15, 0.2) is 0 Å². The van der Waals surface area contributed by atoms with Crippen molar-refractivity contribution in [2.24, 2.45) is 11.8 Å². The molecule has 1 heterocycles. The van der Waals surface area contributed by atoms with Gasteiger partial charge in [0.05, 0.1) is 10.3 Å². The molecule has 1 fully saturated rings. The standard InChI is InChI=1S/C10H12ClNO2S/c1-12-9(5-4-6(5)10(13)14)7-2-3-8(11)15-7/h2-3,5-6,9,12H,4H2,1H3,(H,13,14). The Balaban J connectivity index is 2.09. The van der Waals surface area contributed by atoms with E-state index in [0.717, 1.165) is 15.6 Å². The molecule has 2 N–H and O–H groups in total. The highest BCUT2D eigenvalue weighted by molar-refractivity contribution is 7.16. The van der Waals surface area contributed by atoms with E-state index in [-0.39, 0.29) is 17.9 Å². The zero-order valence-corrected chi connectivity index (χ0v) is 9.81. The topological polar surface area (TPSA) is 49.3 Å². The minimum atomic E-state index is -0.692. The maximum atomic E-state index is 10.8. The van der Waals surface area contributed by atoms with Crippen LogP contribution in [0.4, 0.5) is 0 Å². The number of carboxylic acids is 1. The minimum Gasteiger partial charge on any atom is -0.481 e. The summed E-state index contributed by atoms with van der Waals surface area (Å²) in [4.78, 5) is 11.9. The first kappa shape index (κ1) is 10.9. The predicted octanol–water partition coefficient (Wildman–Crippen LogP) is 2.38. The summed E-state index contributed by atoms with van der Waals surface area (Å²) in [6.07, 6.45) is 0.760. The van der Waals surface area contributed by atoms with Gasteiger partial charge < -0.3 is 10.4 Å². The molecule has 3 nitrogen and oxygen atoms in total. The Morgan fingerprint density at radius 2 is 2.47 bits per heavy atom. The maximum Gasteiger partial charge on any atom is 0.306 e. The molecule has 1 aliphatic rings. The summed E-state index contributed by atoms with van der Waals surface area (Å²) in [5.74, 6) is -0.673. The Labute approximate surface area is 97.1 Å². The number of aliphatic carboxylic acids is 1. The van der Waals surface area contributed by atoms with Crippen molar-refractivity contribution < 1.29 is 9.90 Å². The van der Waals surface area contributed by atoms with E-state index in [9.17, 15) is 4.79 Å².